The number of nitrogens with zero attached hydrogens (tertiary/aromatic N) is 1. The molecule has 1 amide bonds. The first-order valence-electron chi connectivity index (χ1n) is 3.29. The van der Waals surface area contributed by atoms with E-state index in [2.05, 4.69) is 22.6 Å². The van der Waals surface area contributed by atoms with Gasteiger partial charge in [-0.25, -0.2) is 4.79 Å². The summed E-state index contributed by atoms with van der Waals surface area (Å²) in [4.78, 5) is 14.3. The second-order valence-electron chi connectivity index (χ2n) is 2.02. The maximum absolute atomic E-state index is 10.1. The van der Waals surface area contributed by atoms with Gasteiger partial charge in [-0.2, -0.15) is 12.6 Å². The molecule has 0 aromatic rings. The standard InChI is InChI=1S/C6H12N2O2S/c1-3-5(4(2)11)8-10-6(7)9/h4,11H,3H2,1-2H3,(H2,7,9). The van der Waals surface area contributed by atoms with Crippen molar-refractivity contribution in [3.8, 4) is 0 Å². The van der Waals surface area contributed by atoms with E-state index in [0.717, 1.165) is 0 Å². The molecule has 64 valence electrons. The van der Waals surface area contributed by atoms with Crippen LogP contribution in [-0.2, 0) is 4.84 Å². The highest BCUT2D eigenvalue weighted by Gasteiger charge is 2.04. The summed E-state index contributed by atoms with van der Waals surface area (Å²) in [5, 5.41) is 3.49. The molecular weight excluding hydrogens is 164 g/mol. The van der Waals surface area contributed by atoms with Crippen LogP contribution in [0.3, 0.4) is 0 Å². The van der Waals surface area contributed by atoms with Crippen molar-refractivity contribution in [3.63, 3.8) is 0 Å². The van der Waals surface area contributed by atoms with E-state index in [9.17, 15) is 4.79 Å². The molecule has 11 heavy (non-hydrogen) atoms. The molecule has 5 heteroatoms. The van der Waals surface area contributed by atoms with Crippen LogP contribution in [0.2, 0.25) is 0 Å². The molecule has 0 aromatic carbocycles. The average Bonchev–Trinajstić information content (AvgIpc) is 1.87. The lowest BCUT2D eigenvalue weighted by molar-refractivity contribution is 0.161. The molecule has 1 atom stereocenters. The number of nitrogens with two attached hydrogens (primary N) is 1. The molecule has 0 aliphatic heterocycles. The van der Waals surface area contributed by atoms with E-state index in [4.69, 9.17) is 5.73 Å². The van der Waals surface area contributed by atoms with E-state index in [-0.39, 0.29) is 5.25 Å². The van der Waals surface area contributed by atoms with Gasteiger partial charge < -0.3 is 5.73 Å². The second-order valence-corrected chi connectivity index (χ2v) is 2.80. The van der Waals surface area contributed by atoms with Crippen LogP contribution in [0.1, 0.15) is 20.3 Å². The average molecular weight is 176 g/mol. The largest absolute Gasteiger partial charge is 0.430 e. The maximum atomic E-state index is 10.1. The minimum absolute atomic E-state index is 0.0145. The molecule has 0 aliphatic carbocycles. The van der Waals surface area contributed by atoms with Crippen LogP contribution in [0.15, 0.2) is 5.16 Å². The quantitative estimate of drug-likeness (QED) is 0.293. The highest BCUT2D eigenvalue weighted by atomic mass is 32.1. The SMILES string of the molecule is CCC(=NOC(N)=O)C(C)S. The predicted molar refractivity (Wildman–Crippen MR) is 46.8 cm³/mol. The lowest BCUT2D eigenvalue weighted by Gasteiger charge is -2.03. The first kappa shape index (κ1) is 10.3. The molecule has 0 aromatic heterocycles. The van der Waals surface area contributed by atoms with Gasteiger partial charge in [-0.1, -0.05) is 12.1 Å². The third kappa shape index (κ3) is 4.66. The summed E-state index contributed by atoms with van der Waals surface area (Å²) in [5.74, 6) is 0. The van der Waals surface area contributed by atoms with Crippen LogP contribution in [0.5, 0.6) is 0 Å². The van der Waals surface area contributed by atoms with E-state index in [0.29, 0.717) is 12.1 Å². The molecular formula is C6H12N2O2S. The Balaban J connectivity index is 4.01. The Labute approximate surface area is 71.2 Å². The van der Waals surface area contributed by atoms with Gasteiger partial charge >= 0.3 is 6.09 Å². The van der Waals surface area contributed by atoms with E-state index in [1.54, 1.807) is 0 Å². The van der Waals surface area contributed by atoms with Gasteiger partial charge in [-0.3, -0.25) is 4.84 Å². The van der Waals surface area contributed by atoms with Crippen molar-refractivity contribution in [2.75, 3.05) is 0 Å². The Morgan fingerprint density at radius 1 is 1.82 bits per heavy atom. The number of carbonyl (C=O) groups excluding carboxylic acids is 1. The normalized spacial score (nSPS) is 14.3. The summed E-state index contributed by atoms with van der Waals surface area (Å²) >= 11 is 4.11. The van der Waals surface area contributed by atoms with E-state index < -0.39 is 6.09 Å². The van der Waals surface area contributed by atoms with Crippen molar-refractivity contribution in [1.82, 2.24) is 0 Å². The van der Waals surface area contributed by atoms with Crippen LogP contribution in [0.4, 0.5) is 4.79 Å². The van der Waals surface area contributed by atoms with Crippen LogP contribution >= 0.6 is 12.6 Å². The Morgan fingerprint density at radius 3 is 2.64 bits per heavy atom. The van der Waals surface area contributed by atoms with E-state index in [1.165, 1.54) is 0 Å². The van der Waals surface area contributed by atoms with Crippen molar-refractivity contribution in [1.29, 1.82) is 0 Å². The zero-order valence-electron chi connectivity index (χ0n) is 6.57. The van der Waals surface area contributed by atoms with Gasteiger partial charge in [0.2, 0.25) is 0 Å². The number of thiol groups is 1. The Bertz CT molecular complexity index is 168. The number of oxime groups is 1. The van der Waals surface area contributed by atoms with Gasteiger partial charge in [0.15, 0.2) is 0 Å². The molecule has 0 bridgehead atoms. The fraction of sp³-hybridized carbons (Fsp3) is 0.667. The van der Waals surface area contributed by atoms with Crippen molar-refractivity contribution in [3.05, 3.63) is 0 Å². The number of rotatable bonds is 3. The predicted octanol–water partition coefficient (Wildman–Crippen LogP) is 1.17. The van der Waals surface area contributed by atoms with Crippen LogP contribution in [0, 0.1) is 0 Å². The zero-order chi connectivity index (χ0) is 8.85. The van der Waals surface area contributed by atoms with Crippen LogP contribution in [-0.4, -0.2) is 17.1 Å². The topological polar surface area (TPSA) is 64.7 Å². The zero-order valence-corrected chi connectivity index (χ0v) is 7.47. The van der Waals surface area contributed by atoms with Crippen LogP contribution < -0.4 is 5.73 Å². The summed E-state index contributed by atoms with van der Waals surface area (Å²) in [6, 6.07) is 0. The Morgan fingerprint density at radius 2 is 2.36 bits per heavy atom. The van der Waals surface area contributed by atoms with Crippen molar-refractivity contribution in [2.24, 2.45) is 10.9 Å². The number of primary amides is 1. The first-order valence-corrected chi connectivity index (χ1v) is 3.80. The third-order valence-electron chi connectivity index (χ3n) is 1.10. The van der Waals surface area contributed by atoms with Gasteiger partial charge in [0.1, 0.15) is 0 Å². The molecule has 1 unspecified atom stereocenters. The minimum atomic E-state index is -0.898. The molecule has 4 nitrogen and oxygen atoms in total. The molecule has 0 radical (unpaired) electrons. The molecule has 0 saturated carbocycles. The molecule has 0 spiro atoms. The molecule has 0 rings (SSSR count). The molecule has 0 saturated heterocycles. The number of amides is 1. The maximum Gasteiger partial charge on any atom is 0.430 e. The van der Waals surface area contributed by atoms with Gasteiger partial charge in [-0.05, 0) is 13.3 Å². The number of hydrogen-bond donors (Lipinski definition) is 2. The monoisotopic (exact) mass is 176 g/mol. The fourth-order valence-electron chi connectivity index (χ4n) is 0.540. The van der Waals surface area contributed by atoms with Gasteiger partial charge in [-0.15, -0.1) is 0 Å². The van der Waals surface area contributed by atoms with Crippen molar-refractivity contribution in [2.45, 2.75) is 25.5 Å². The van der Waals surface area contributed by atoms with E-state index in [1.807, 2.05) is 13.8 Å². The fourth-order valence-corrected chi connectivity index (χ4v) is 0.770. The second kappa shape index (κ2) is 5.01. The number of hydrogen-bond acceptors (Lipinski definition) is 4. The van der Waals surface area contributed by atoms with Gasteiger partial charge in [0.05, 0.1) is 5.71 Å². The summed E-state index contributed by atoms with van der Waals surface area (Å²) in [6.45, 7) is 3.74. The Hall–Kier alpha value is -0.710. The lowest BCUT2D eigenvalue weighted by atomic mass is 10.2. The van der Waals surface area contributed by atoms with Crippen LogP contribution in [0.25, 0.3) is 0 Å². The lowest BCUT2D eigenvalue weighted by Crippen LogP contribution is -2.14. The van der Waals surface area contributed by atoms with Gasteiger partial charge in [0.25, 0.3) is 0 Å². The molecule has 0 heterocycles. The summed E-state index contributed by atoms with van der Waals surface area (Å²) < 4.78 is 0. The smallest absolute Gasteiger partial charge is 0.333 e. The Kier molecular flexibility index (Phi) is 4.69. The summed E-state index contributed by atoms with van der Waals surface area (Å²) in [7, 11) is 0. The summed E-state index contributed by atoms with van der Waals surface area (Å²) in [6.07, 6.45) is -0.206. The molecule has 0 fully saturated rings. The summed E-state index contributed by atoms with van der Waals surface area (Å²) in [5.41, 5.74) is 5.40. The van der Waals surface area contributed by atoms with Gasteiger partial charge in [0, 0.05) is 5.25 Å². The molecule has 2 N–H and O–H groups in total. The first-order chi connectivity index (χ1) is 5.07. The highest BCUT2D eigenvalue weighted by molar-refractivity contribution is 7.81. The van der Waals surface area contributed by atoms with Crippen molar-refractivity contribution >= 4 is 24.4 Å². The molecule has 0 aliphatic rings. The highest BCUT2D eigenvalue weighted by Crippen LogP contribution is 2.01. The third-order valence-corrected chi connectivity index (χ3v) is 1.40. The van der Waals surface area contributed by atoms with Crippen molar-refractivity contribution < 1.29 is 9.63 Å². The van der Waals surface area contributed by atoms with E-state index >= 15 is 0 Å². The number of carbonyl (C=O) groups is 1. The minimum Gasteiger partial charge on any atom is -0.333 e.